The highest BCUT2D eigenvalue weighted by atomic mass is 32.2. The Labute approximate surface area is 554 Å². The van der Waals surface area contributed by atoms with Gasteiger partial charge in [0.2, 0.25) is 59.1 Å². The van der Waals surface area contributed by atoms with Crippen LogP contribution in [0.4, 0.5) is 0 Å². The van der Waals surface area contributed by atoms with Gasteiger partial charge in [-0.1, -0.05) is 27.2 Å². The van der Waals surface area contributed by atoms with Crippen molar-refractivity contribution in [2.45, 2.75) is 125 Å². The molecule has 11 atom stereocenters. The van der Waals surface area contributed by atoms with Crippen molar-refractivity contribution in [3.05, 3.63) is 35.4 Å². The number of aromatic nitrogens is 1. The number of H-pyrrole nitrogens is 1. The topological polar surface area (TPSA) is 473 Å². The van der Waals surface area contributed by atoms with Gasteiger partial charge >= 0.3 is 0 Å². The van der Waals surface area contributed by atoms with Crippen LogP contribution in [0.5, 0.6) is 5.75 Å². The molecule has 0 saturated carbocycles. The van der Waals surface area contributed by atoms with Crippen molar-refractivity contribution in [2.24, 2.45) is 17.6 Å². The average Bonchev–Trinajstić information content (AvgIpc) is 1.63. The zero-order valence-corrected chi connectivity index (χ0v) is 55.2. The maximum Gasteiger partial charge on any atom is 0.253 e. The fourth-order valence-corrected chi connectivity index (χ4v) is 13.1. The molecule has 1 aromatic heterocycles. The van der Waals surface area contributed by atoms with Crippen LogP contribution in [0.3, 0.4) is 0 Å². The van der Waals surface area contributed by atoms with E-state index in [9.17, 15) is 72.9 Å². The van der Waals surface area contributed by atoms with Gasteiger partial charge in [-0.2, -0.15) is 11.8 Å². The molecule has 2 bridgehead atoms. The molecule has 0 radical (unpaired) electrons. The molecule has 4 aliphatic heterocycles. The number of hydrogen-bond acceptors (Lipinski definition) is 22. The number of imide groups is 1. The largest absolute Gasteiger partial charge is 0.496 e. The number of nitrogens with two attached hydrogens (primary N) is 1. The van der Waals surface area contributed by atoms with Crippen molar-refractivity contribution in [1.82, 2.24) is 57.3 Å². The minimum absolute atomic E-state index is 0.107. The first kappa shape index (κ1) is 76.4. The Kier molecular flexibility index (Phi) is 30.7. The van der Waals surface area contributed by atoms with Crippen molar-refractivity contribution in [3.63, 3.8) is 0 Å². The molecule has 95 heavy (non-hydrogen) atoms. The second-order valence-corrected chi connectivity index (χ2v) is 25.6. The zero-order chi connectivity index (χ0) is 69.3. The van der Waals surface area contributed by atoms with E-state index in [1.54, 1.807) is 26.0 Å². The van der Waals surface area contributed by atoms with Crippen LogP contribution in [0.2, 0.25) is 0 Å². The van der Waals surface area contributed by atoms with E-state index in [0.717, 1.165) is 9.80 Å². The van der Waals surface area contributed by atoms with Gasteiger partial charge < -0.3 is 97.2 Å². The van der Waals surface area contributed by atoms with Gasteiger partial charge in [0.15, 0.2) is 0 Å². The Morgan fingerprint density at radius 2 is 1.42 bits per heavy atom. The summed E-state index contributed by atoms with van der Waals surface area (Å²) in [5, 5.41) is 52.5. The molecule has 1 aromatic carbocycles. The summed E-state index contributed by atoms with van der Waals surface area (Å²) in [5.74, 6) is -11.8. The lowest BCUT2D eigenvalue weighted by Gasteiger charge is -2.32. The third-order valence-corrected chi connectivity index (χ3v) is 18.8. The van der Waals surface area contributed by atoms with E-state index < -0.39 is 176 Å². The molecule has 2 aromatic rings. The number of benzene rings is 1. The van der Waals surface area contributed by atoms with E-state index in [0.29, 0.717) is 73.6 Å². The molecule has 12 amide bonds. The first-order chi connectivity index (χ1) is 45.5. The number of methoxy groups -OCH3 is 1. The second kappa shape index (κ2) is 38.2. The number of amides is 12. The number of aliphatic hydroxyl groups is 3. The first-order valence-electron chi connectivity index (χ1n) is 31.3. The van der Waals surface area contributed by atoms with Gasteiger partial charge in [-0.3, -0.25) is 66.6 Å². The zero-order valence-electron chi connectivity index (χ0n) is 53.5. The summed E-state index contributed by atoms with van der Waals surface area (Å²) in [5.41, 5.74) is 6.57. The van der Waals surface area contributed by atoms with Crippen molar-refractivity contribution in [3.8, 4) is 5.75 Å². The number of hydrogen-bond donors (Lipinski definition) is 13. The highest BCUT2D eigenvalue weighted by Crippen LogP contribution is 2.36. The number of fused-ring (bicyclic) bond motifs is 5. The Morgan fingerprint density at radius 1 is 0.779 bits per heavy atom. The third-order valence-electron chi connectivity index (χ3n) is 16.2. The first-order valence-corrected chi connectivity index (χ1v) is 33.8. The highest BCUT2D eigenvalue weighted by Gasteiger charge is 2.45. The summed E-state index contributed by atoms with van der Waals surface area (Å²) in [4.78, 5) is 168. The third kappa shape index (κ3) is 22.5. The lowest BCUT2D eigenvalue weighted by atomic mass is 9.93. The van der Waals surface area contributed by atoms with Crippen LogP contribution in [0.15, 0.2) is 29.3 Å². The summed E-state index contributed by atoms with van der Waals surface area (Å²) < 4.78 is 43.0. The van der Waals surface area contributed by atoms with Crippen LogP contribution in [0.25, 0.3) is 10.9 Å². The predicted molar refractivity (Wildman–Crippen MR) is 339 cm³/mol. The number of nitrogens with zero attached hydrogens (tertiary/aromatic N) is 2. The number of rotatable bonds is 30. The minimum atomic E-state index is -2.45. The molecule has 33 nitrogen and oxygen atoms in total. The van der Waals surface area contributed by atoms with Gasteiger partial charge in [0.05, 0.1) is 127 Å². The van der Waals surface area contributed by atoms with Crippen LogP contribution in [-0.2, 0) is 99.5 Å². The number of thioether (sulfide) groups is 1. The van der Waals surface area contributed by atoms with E-state index in [2.05, 4.69) is 47.5 Å². The molecule has 1 fully saturated rings. The molecule has 526 valence electrons. The molecular formula is C60H88N12O21S2. The molecule has 4 aliphatic rings. The number of ether oxygens (including phenoxy) is 5. The summed E-state index contributed by atoms with van der Waals surface area (Å²) in [6.07, 6.45) is -0.790. The van der Waals surface area contributed by atoms with E-state index in [1.807, 2.05) is 0 Å². The number of primary amides is 1. The van der Waals surface area contributed by atoms with Gasteiger partial charge in [0.25, 0.3) is 11.8 Å². The quantitative estimate of drug-likeness (QED) is 0.0257. The van der Waals surface area contributed by atoms with Crippen molar-refractivity contribution in [2.75, 3.05) is 111 Å². The van der Waals surface area contributed by atoms with Gasteiger partial charge in [-0.15, -0.1) is 0 Å². The van der Waals surface area contributed by atoms with Gasteiger partial charge in [-0.05, 0) is 42.2 Å². The maximum atomic E-state index is 15.3. The lowest BCUT2D eigenvalue weighted by Crippen LogP contribution is -2.62. The Bertz CT molecular complexity index is 3120. The highest BCUT2D eigenvalue weighted by molar-refractivity contribution is 7.98. The van der Waals surface area contributed by atoms with E-state index in [4.69, 9.17) is 29.4 Å². The average molecular weight is 1380 g/mol. The van der Waals surface area contributed by atoms with E-state index in [-0.39, 0.29) is 80.1 Å². The lowest BCUT2D eigenvalue weighted by molar-refractivity contribution is -0.144. The molecule has 5 heterocycles. The van der Waals surface area contributed by atoms with Gasteiger partial charge in [0.1, 0.15) is 47.0 Å². The number of aromatic amines is 1. The van der Waals surface area contributed by atoms with Crippen LogP contribution in [0.1, 0.15) is 70.4 Å². The molecule has 1 saturated heterocycles. The Balaban J connectivity index is 1.21. The molecule has 0 spiro atoms. The number of carbonyl (C=O) groups excluding carboxylic acids is 12. The van der Waals surface area contributed by atoms with Crippen LogP contribution >= 0.6 is 11.8 Å². The maximum absolute atomic E-state index is 15.3. The van der Waals surface area contributed by atoms with Crippen molar-refractivity contribution >= 4 is 104 Å². The van der Waals surface area contributed by atoms with Crippen LogP contribution < -0.4 is 53.0 Å². The molecular weight excluding hydrogens is 1290 g/mol. The molecule has 14 N–H and O–H groups in total. The molecule has 0 aliphatic carbocycles. The molecule has 35 heteroatoms. The van der Waals surface area contributed by atoms with E-state index >= 15 is 4.21 Å². The number of nitrogens with one attached hydrogen (secondary N) is 9. The Hall–Kier alpha value is -7.64. The van der Waals surface area contributed by atoms with Crippen molar-refractivity contribution in [1.29, 1.82) is 0 Å². The van der Waals surface area contributed by atoms with Crippen molar-refractivity contribution < 1.29 is 101 Å². The Morgan fingerprint density at radius 3 is 2.06 bits per heavy atom. The minimum Gasteiger partial charge on any atom is -0.496 e. The molecule has 1 unspecified atom stereocenters. The van der Waals surface area contributed by atoms with Crippen LogP contribution in [-0.4, -0.2) is 264 Å². The fraction of sp³-hybridized carbons (Fsp3) is 0.633. The smallest absolute Gasteiger partial charge is 0.253 e. The predicted octanol–water partition coefficient (Wildman–Crippen LogP) is -5.11. The summed E-state index contributed by atoms with van der Waals surface area (Å²) in [6.45, 7) is 4.32. The normalized spacial score (nSPS) is 23.7. The fourth-order valence-electron chi connectivity index (χ4n) is 10.7. The van der Waals surface area contributed by atoms with Gasteiger partial charge in [0, 0.05) is 67.1 Å². The summed E-state index contributed by atoms with van der Waals surface area (Å²) in [7, 11) is -1.02. The summed E-state index contributed by atoms with van der Waals surface area (Å²) in [6, 6.07) is -6.98. The number of aliphatic hydroxyl groups excluding tert-OH is 3. The number of unbranched alkanes of at least 4 members (excludes halogenated alkanes) is 1. The summed E-state index contributed by atoms with van der Waals surface area (Å²) >= 11 is 1.48. The van der Waals surface area contributed by atoms with E-state index in [1.165, 1.54) is 37.9 Å². The van der Waals surface area contributed by atoms with Gasteiger partial charge in [-0.25, -0.2) is 0 Å². The van der Waals surface area contributed by atoms with Crippen LogP contribution in [0, 0.1) is 11.8 Å². The second-order valence-electron chi connectivity index (χ2n) is 23.1. The number of carbonyl (C=O) groups is 12. The standard InChI is InChI=1S/C60H88N12O21S2/c1-5-33(2)51-57(85)64-27-47(78)65-41-32-95(88)59-37(25-39(54(82)63-28-48(79)68-51)66-58(86)52(34(3)43(75)30-73)69-56(84)42-24-35(74)29-72(42)60(87)40(26-45(61)76)67-55(41)83)36-8-9-44(89-4)38(53(36)70-59)31-94-23-7-6-13-62-46(77)12-15-90-17-19-92-21-22-93-20-18-91-16-14-71-49(80)10-11-50(71)81/h8-11,33-35,39-43,51-52,70,73-75H,5-7,12-32H2,1-4H3,(H2,61,76)(H,62,77)(H,63,82)(H,64,85)(H,65,78)(H,66,86)(H,67,83)(H,68,79)(H,69,84)/t33-,34-,35+,39-,40-,41-,42-,43-,51-,52-,95?/m0/s1. The monoisotopic (exact) mass is 1380 g/mol. The SMILES string of the molecule is CC[C@H](C)[C@@H]1NC(=O)CNC(=O)[C@@H]2Cc3c([nH]c4c(CSCCCCNC(=O)CCOCCOCCOCCOCCN5C(=O)C=CC5=O)c(OC)ccc34)S(=O)C[C@H](NC(=O)CNC1=O)C(=O)N[C@@H](CC(N)=O)C(=O)N1C[C@H](O)C[C@H]1C(=O)N[C@@H]([C@@H](C)[C@@H](O)CO)C(=O)N2. The molecule has 6 rings (SSSR count).